The molecule has 2 heterocycles. The summed E-state index contributed by atoms with van der Waals surface area (Å²) in [5.74, 6) is -0.338. The zero-order chi connectivity index (χ0) is 26.1. The molecule has 2 aliphatic rings. The van der Waals surface area contributed by atoms with Crippen LogP contribution in [0.25, 0.3) is 22.2 Å². The summed E-state index contributed by atoms with van der Waals surface area (Å²) in [6, 6.07) is 14.8. The van der Waals surface area contributed by atoms with Crippen molar-refractivity contribution in [3.8, 4) is 11.3 Å². The van der Waals surface area contributed by atoms with E-state index in [4.69, 9.17) is 51.4 Å². The zero-order valence-electron chi connectivity index (χ0n) is 19.7. The Morgan fingerprint density at radius 3 is 2.62 bits per heavy atom. The van der Waals surface area contributed by atoms with Crippen LogP contribution in [0.4, 0.5) is 0 Å². The third-order valence-corrected chi connectivity index (χ3v) is 7.66. The maximum absolute atomic E-state index is 13.2. The molecule has 0 spiro atoms. The number of rotatable bonds is 6. The molecule has 2 N–H and O–H groups in total. The highest BCUT2D eigenvalue weighted by molar-refractivity contribution is 6.40. The summed E-state index contributed by atoms with van der Waals surface area (Å²) < 4.78 is 0. The number of hydrazine groups is 1. The molecule has 1 aromatic heterocycles. The van der Waals surface area contributed by atoms with Gasteiger partial charge in [-0.1, -0.05) is 75.9 Å². The largest absolute Gasteiger partial charge is 0.345 e. The minimum absolute atomic E-state index is 0.304. The number of carbonyl (C=O) groups is 1. The van der Waals surface area contributed by atoms with Crippen molar-refractivity contribution in [2.75, 3.05) is 7.05 Å². The highest BCUT2D eigenvalue weighted by atomic mass is 35.5. The fourth-order valence-corrected chi connectivity index (χ4v) is 5.71. The first-order valence-corrected chi connectivity index (χ1v) is 13.1. The number of likely N-dealkylation sites (N-methyl/N-ethyl adjacent to an activating group) is 1. The SMILES string of the molecule is CN1NN=NC1C(Cc1ccc2nc(-c3c(Cl)cccc3Cl)ccc2c1)NC(=O)C1=C(Cl)CCC=C1Cl. The lowest BCUT2D eigenvalue weighted by atomic mass is 9.99. The van der Waals surface area contributed by atoms with Crippen LogP contribution in [-0.4, -0.2) is 35.2 Å². The number of hydrogen-bond acceptors (Lipinski definition) is 6. The molecule has 2 unspecified atom stereocenters. The molecule has 2 aromatic carbocycles. The van der Waals surface area contributed by atoms with Crippen LogP contribution in [0, 0.1) is 0 Å². The van der Waals surface area contributed by atoms with Crippen LogP contribution in [0.1, 0.15) is 18.4 Å². The number of nitrogens with zero attached hydrogens (tertiary/aromatic N) is 4. The molecule has 0 fully saturated rings. The van der Waals surface area contributed by atoms with Gasteiger partial charge in [-0.15, -0.1) is 5.11 Å². The Labute approximate surface area is 234 Å². The lowest BCUT2D eigenvalue weighted by Crippen LogP contribution is -2.51. The van der Waals surface area contributed by atoms with E-state index in [1.54, 1.807) is 29.3 Å². The molecule has 0 radical (unpaired) electrons. The maximum atomic E-state index is 13.2. The quantitative estimate of drug-likeness (QED) is 0.339. The van der Waals surface area contributed by atoms with Gasteiger partial charge in [0.2, 0.25) is 0 Å². The summed E-state index contributed by atoms with van der Waals surface area (Å²) in [5, 5.41) is 15.8. The van der Waals surface area contributed by atoms with Crippen LogP contribution in [-0.2, 0) is 11.2 Å². The fourth-order valence-electron chi connectivity index (χ4n) is 4.47. The molecule has 3 aromatic rings. The van der Waals surface area contributed by atoms with Gasteiger partial charge >= 0.3 is 0 Å². The van der Waals surface area contributed by atoms with Gasteiger partial charge in [0.1, 0.15) is 0 Å². The molecule has 2 atom stereocenters. The number of allylic oxidation sites excluding steroid dienone is 2. The molecule has 1 aliphatic carbocycles. The van der Waals surface area contributed by atoms with Gasteiger partial charge in [-0.05, 0) is 55.2 Å². The Kier molecular flexibility index (Phi) is 7.70. The van der Waals surface area contributed by atoms with E-state index >= 15 is 0 Å². The van der Waals surface area contributed by atoms with Gasteiger partial charge in [-0.3, -0.25) is 4.79 Å². The number of halogens is 4. The third kappa shape index (κ3) is 5.47. The number of benzene rings is 2. The van der Waals surface area contributed by atoms with E-state index in [0.717, 1.165) is 16.5 Å². The van der Waals surface area contributed by atoms with Crippen LogP contribution in [0.15, 0.2) is 80.6 Å². The van der Waals surface area contributed by atoms with Crippen LogP contribution in [0.2, 0.25) is 10.0 Å². The Morgan fingerprint density at radius 1 is 1.14 bits per heavy atom. The lowest BCUT2D eigenvalue weighted by Gasteiger charge is -2.27. The van der Waals surface area contributed by atoms with E-state index in [2.05, 4.69) is 21.2 Å². The van der Waals surface area contributed by atoms with Crippen molar-refractivity contribution in [2.24, 2.45) is 10.3 Å². The summed E-state index contributed by atoms with van der Waals surface area (Å²) in [7, 11) is 1.81. The minimum atomic E-state index is -0.423. The van der Waals surface area contributed by atoms with Crippen molar-refractivity contribution in [2.45, 2.75) is 31.5 Å². The van der Waals surface area contributed by atoms with Gasteiger partial charge in [0.15, 0.2) is 6.17 Å². The van der Waals surface area contributed by atoms with E-state index in [-0.39, 0.29) is 5.91 Å². The van der Waals surface area contributed by atoms with E-state index < -0.39 is 12.2 Å². The van der Waals surface area contributed by atoms with E-state index in [0.29, 0.717) is 56.2 Å². The van der Waals surface area contributed by atoms with Gasteiger partial charge in [0.25, 0.3) is 5.91 Å². The van der Waals surface area contributed by atoms with Crippen molar-refractivity contribution in [3.63, 3.8) is 0 Å². The van der Waals surface area contributed by atoms with Crippen LogP contribution in [0.3, 0.4) is 0 Å². The van der Waals surface area contributed by atoms with Crippen LogP contribution in [0.5, 0.6) is 0 Å². The second kappa shape index (κ2) is 11.0. The van der Waals surface area contributed by atoms with Gasteiger partial charge in [-0.25, -0.2) is 10.5 Å². The Hall–Kier alpha value is -2.68. The minimum Gasteiger partial charge on any atom is -0.345 e. The van der Waals surface area contributed by atoms with Gasteiger partial charge in [0.05, 0.1) is 37.9 Å². The summed E-state index contributed by atoms with van der Waals surface area (Å²) in [4.78, 5) is 18.0. The summed E-state index contributed by atoms with van der Waals surface area (Å²) in [6.45, 7) is 0. The molecule has 1 amide bonds. The second-order valence-electron chi connectivity index (χ2n) is 8.81. The normalized spacial score (nSPS) is 18.6. The number of hydrogen-bond donors (Lipinski definition) is 2. The molecule has 0 saturated carbocycles. The average Bonchev–Trinajstić information content (AvgIpc) is 3.29. The molecule has 5 rings (SSSR count). The predicted octanol–water partition coefficient (Wildman–Crippen LogP) is 6.79. The lowest BCUT2D eigenvalue weighted by molar-refractivity contribution is -0.118. The Balaban J connectivity index is 1.42. The average molecular weight is 576 g/mol. The first-order valence-electron chi connectivity index (χ1n) is 11.6. The monoisotopic (exact) mass is 574 g/mol. The van der Waals surface area contributed by atoms with Crippen LogP contribution >= 0.6 is 46.4 Å². The smallest absolute Gasteiger partial charge is 0.254 e. The van der Waals surface area contributed by atoms with Gasteiger partial charge < -0.3 is 5.32 Å². The van der Waals surface area contributed by atoms with Crippen molar-refractivity contribution in [1.29, 1.82) is 0 Å². The number of fused-ring (bicyclic) bond motifs is 1. The van der Waals surface area contributed by atoms with Crippen molar-refractivity contribution < 1.29 is 4.79 Å². The number of pyridine rings is 1. The first-order chi connectivity index (χ1) is 17.8. The van der Waals surface area contributed by atoms with E-state index in [1.807, 2.05) is 37.4 Å². The summed E-state index contributed by atoms with van der Waals surface area (Å²) in [6.07, 6.45) is 3.15. The number of carbonyl (C=O) groups excluding carboxylic acids is 1. The maximum Gasteiger partial charge on any atom is 0.254 e. The fraction of sp³-hybridized carbons (Fsp3) is 0.231. The molecular weight excluding hydrogens is 554 g/mol. The Morgan fingerprint density at radius 2 is 1.92 bits per heavy atom. The molecule has 0 saturated heterocycles. The first kappa shape index (κ1) is 25.9. The van der Waals surface area contributed by atoms with E-state index in [9.17, 15) is 4.79 Å². The highest BCUT2D eigenvalue weighted by Gasteiger charge is 2.32. The van der Waals surface area contributed by atoms with Crippen LogP contribution < -0.4 is 10.9 Å². The summed E-state index contributed by atoms with van der Waals surface area (Å²) >= 11 is 25.4. The van der Waals surface area contributed by atoms with Gasteiger partial charge in [-0.2, -0.15) is 5.01 Å². The number of aromatic nitrogens is 1. The predicted molar refractivity (Wildman–Crippen MR) is 148 cm³/mol. The third-order valence-electron chi connectivity index (χ3n) is 6.30. The van der Waals surface area contributed by atoms with Gasteiger partial charge in [0, 0.05) is 23.0 Å². The molecule has 7 nitrogen and oxygen atoms in total. The number of amides is 1. The topological polar surface area (TPSA) is 82.0 Å². The number of nitrogens with one attached hydrogen (secondary N) is 2. The molecule has 0 bridgehead atoms. The van der Waals surface area contributed by atoms with E-state index in [1.165, 1.54) is 0 Å². The second-order valence-corrected chi connectivity index (χ2v) is 10.5. The summed E-state index contributed by atoms with van der Waals surface area (Å²) in [5.41, 5.74) is 6.29. The molecule has 190 valence electrons. The molecular formula is C26H22Cl4N6O. The molecule has 11 heteroatoms. The standard InChI is InChI=1S/C26H22Cl4N6O/c1-36-25(33-34-35-36)22(32-26(37)24-18(29)6-3-7-19(24)30)13-14-8-10-20-15(12-14)9-11-21(31-20)23-16(27)4-2-5-17(23)28/h2,4-6,8-12,22,25H,3,7,13H2,1H3,(H,32,37)(H,33,35). The van der Waals surface area contributed by atoms with Crippen molar-refractivity contribution in [1.82, 2.24) is 20.8 Å². The van der Waals surface area contributed by atoms with Crippen molar-refractivity contribution in [3.05, 3.63) is 85.9 Å². The highest BCUT2D eigenvalue weighted by Crippen LogP contribution is 2.34. The van der Waals surface area contributed by atoms with Crippen molar-refractivity contribution >= 4 is 63.2 Å². The molecule has 37 heavy (non-hydrogen) atoms. The zero-order valence-corrected chi connectivity index (χ0v) is 22.7. The Bertz CT molecular complexity index is 1450. The molecule has 1 aliphatic heterocycles.